The second-order valence-corrected chi connectivity index (χ2v) is 14.1. The van der Waals surface area contributed by atoms with E-state index >= 15 is 0 Å². The van der Waals surface area contributed by atoms with Crippen molar-refractivity contribution in [3.05, 3.63) is 90.1 Å². The van der Waals surface area contributed by atoms with Crippen LogP contribution in [0.4, 0.5) is 5.82 Å². The number of amides is 3. The van der Waals surface area contributed by atoms with Crippen LogP contribution in [0.25, 0.3) is 21.9 Å². The summed E-state index contributed by atoms with van der Waals surface area (Å²) >= 11 is 0. The van der Waals surface area contributed by atoms with Gasteiger partial charge in [0.1, 0.15) is 24.2 Å². The van der Waals surface area contributed by atoms with E-state index in [2.05, 4.69) is 33.2 Å². The number of nitrogens with zero attached hydrogens (tertiary/aromatic N) is 1. The van der Waals surface area contributed by atoms with Crippen LogP contribution in [0.2, 0.25) is 0 Å². The van der Waals surface area contributed by atoms with E-state index in [0.29, 0.717) is 83.6 Å². The summed E-state index contributed by atoms with van der Waals surface area (Å²) in [5.74, 6) is -1.13. The fourth-order valence-electron chi connectivity index (χ4n) is 6.29. The zero-order valence-electron chi connectivity index (χ0n) is 34.8. The Bertz CT molecular complexity index is 1940. The average molecular weight is 830 g/mol. The third-order valence-electron chi connectivity index (χ3n) is 9.18. The zero-order valence-corrected chi connectivity index (χ0v) is 34.8. The van der Waals surface area contributed by atoms with Gasteiger partial charge in [0.2, 0.25) is 17.7 Å². The van der Waals surface area contributed by atoms with Crippen LogP contribution < -0.4 is 26.0 Å². The van der Waals surface area contributed by atoms with Gasteiger partial charge in [0, 0.05) is 31.7 Å². The standard InChI is InChI=1S/C45H59N5O10/c1-4-20-56-21-22-57-23-24-58-25-26-59-27-28-60-41-16-15-36(37-8-5-6-9-38(37)41)34-11-13-35(14-12-34)40(30-44(53)54)50-43(52)31-48-45(55)39(49-33(3)51)10-7-18-46-42-29-32(2)17-19-47-42/h5-6,8-9,11-17,19,29,39-40H,4,7,10,18,20-28,30-31H2,1-3H3,(H,46,47)(H,48,55)(H,49,51)(H,50,52)(H,53,54)/t39?,40-/m0/s1. The highest BCUT2D eigenvalue weighted by Crippen LogP contribution is 2.35. The molecule has 0 aliphatic heterocycles. The van der Waals surface area contributed by atoms with Gasteiger partial charge in [0.05, 0.1) is 65.3 Å². The normalized spacial score (nSPS) is 12.1. The predicted molar refractivity (Wildman–Crippen MR) is 229 cm³/mol. The Kier molecular flexibility index (Phi) is 20.8. The Morgan fingerprint density at radius 2 is 1.42 bits per heavy atom. The highest BCUT2D eigenvalue weighted by molar-refractivity contribution is 6.00. The minimum absolute atomic E-state index is 0.324. The van der Waals surface area contributed by atoms with Gasteiger partial charge in [0.15, 0.2) is 0 Å². The monoisotopic (exact) mass is 829 g/mol. The Morgan fingerprint density at radius 1 is 0.767 bits per heavy atom. The van der Waals surface area contributed by atoms with E-state index < -0.39 is 36.4 Å². The molecule has 324 valence electrons. The minimum Gasteiger partial charge on any atom is -0.491 e. The molecule has 0 aliphatic rings. The number of aryl methyl sites for hydroxylation is 1. The number of carboxylic acids is 1. The van der Waals surface area contributed by atoms with Gasteiger partial charge >= 0.3 is 5.97 Å². The molecular formula is C45H59N5O10. The topological polar surface area (TPSA) is 196 Å². The molecule has 5 N–H and O–H groups in total. The lowest BCUT2D eigenvalue weighted by atomic mass is 9.95. The summed E-state index contributed by atoms with van der Waals surface area (Å²) in [6.45, 7) is 10.0. The molecule has 15 heteroatoms. The second kappa shape index (κ2) is 26.5. The van der Waals surface area contributed by atoms with E-state index in [1.165, 1.54) is 6.92 Å². The molecule has 0 radical (unpaired) electrons. The van der Waals surface area contributed by atoms with Crippen LogP contribution in [-0.4, -0.2) is 112 Å². The smallest absolute Gasteiger partial charge is 0.305 e. The first-order valence-electron chi connectivity index (χ1n) is 20.4. The summed E-state index contributed by atoms with van der Waals surface area (Å²) in [4.78, 5) is 54.0. The molecule has 60 heavy (non-hydrogen) atoms. The zero-order chi connectivity index (χ0) is 43.0. The van der Waals surface area contributed by atoms with Crippen LogP contribution in [0.3, 0.4) is 0 Å². The highest BCUT2D eigenvalue weighted by Gasteiger charge is 2.22. The van der Waals surface area contributed by atoms with Crippen molar-refractivity contribution in [2.75, 3.05) is 77.9 Å². The van der Waals surface area contributed by atoms with Crippen LogP contribution in [0, 0.1) is 6.92 Å². The van der Waals surface area contributed by atoms with E-state index in [1.54, 1.807) is 18.3 Å². The van der Waals surface area contributed by atoms with Gasteiger partial charge in [0.25, 0.3) is 0 Å². The fourth-order valence-corrected chi connectivity index (χ4v) is 6.29. The molecule has 3 amide bonds. The average Bonchev–Trinajstić information content (AvgIpc) is 3.23. The van der Waals surface area contributed by atoms with Crippen LogP contribution in [0.5, 0.6) is 5.75 Å². The van der Waals surface area contributed by atoms with E-state index in [4.69, 9.17) is 23.7 Å². The van der Waals surface area contributed by atoms with Gasteiger partial charge < -0.3 is 50.1 Å². The van der Waals surface area contributed by atoms with Crippen LogP contribution in [-0.2, 0) is 38.1 Å². The van der Waals surface area contributed by atoms with E-state index in [1.807, 2.05) is 67.6 Å². The molecule has 0 saturated heterocycles. The third-order valence-corrected chi connectivity index (χ3v) is 9.18. The Morgan fingerprint density at radius 3 is 2.05 bits per heavy atom. The summed E-state index contributed by atoms with van der Waals surface area (Å²) in [5.41, 5.74) is 3.49. The van der Waals surface area contributed by atoms with Gasteiger partial charge in [-0.05, 0) is 72.0 Å². The molecule has 0 bridgehead atoms. The van der Waals surface area contributed by atoms with Gasteiger partial charge in [-0.25, -0.2) is 4.98 Å². The van der Waals surface area contributed by atoms with Crippen molar-refractivity contribution in [3.63, 3.8) is 0 Å². The molecule has 2 atom stereocenters. The number of aliphatic carboxylic acids is 1. The number of carboxylic acid groups (broad SMARTS) is 1. The summed E-state index contributed by atoms with van der Waals surface area (Å²) in [6.07, 6.45) is 3.20. The molecule has 4 rings (SSSR count). The largest absolute Gasteiger partial charge is 0.491 e. The molecule has 1 heterocycles. The fraction of sp³-hybridized carbons (Fsp3) is 0.444. The summed E-state index contributed by atoms with van der Waals surface area (Å²) < 4.78 is 28.2. The van der Waals surface area contributed by atoms with Crippen LogP contribution in [0.15, 0.2) is 79.0 Å². The van der Waals surface area contributed by atoms with Crippen molar-refractivity contribution in [1.29, 1.82) is 0 Å². The van der Waals surface area contributed by atoms with E-state index in [-0.39, 0.29) is 12.3 Å². The number of benzene rings is 3. The number of carbonyl (C=O) groups is 4. The predicted octanol–water partition coefficient (Wildman–Crippen LogP) is 5.21. The first-order valence-corrected chi connectivity index (χ1v) is 20.4. The van der Waals surface area contributed by atoms with E-state index in [0.717, 1.165) is 46.2 Å². The number of nitrogens with one attached hydrogen (secondary N) is 4. The first-order chi connectivity index (χ1) is 29.1. The second-order valence-electron chi connectivity index (χ2n) is 14.1. The van der Waals surface area contributed by atoms with Crippen molar-refractivity contribution in [2.24, 2.45) is 0 Å². The van der Waals surface area contributed by atoms with Gasteiger partial charge in [-0.15, -0.1) is 0 Å². The number of rotatable bonds is 29. The SMILES string of the molecule is CCCOCCOCCOCCOCCOc1ccc(-c2ccc([C@H](CC(=O)O)NC(=O)CNC(=O)C(CCCNc3cc(C)ccn3)NC(C)=O)cc2)c2ccccc12. The Hall–Kier alpha value is -5.61. The summed E-state index contributed by atoms with van der Waals surface area (Å²) in [5, 5.41) is 22.7. The number of hydrogen-bond donors (Lipinski definition) is 5. The quantitative estimate of drug-likeness (QED) is 0.0449. The number of hydrogen-bond acceptors (Lipinski definition) is 11. The first kappa shape index (κ1) is 47.1. The van der Waals surface area contributed by atoms with Crippen molar-refractivity contribution < 1.29 is 48.0 Å². The minimum atomic E-state index is -1.10. The maximum Gasteiger partial charge on any atom is 0.305 e. The lowest BCUT2D eigenvalue weighted by Gasteiger charge is -2.20. The number of ether oxygens (including phenoxy) is 5. The van der Waals surface area contributed by atoms with Crippen molar-refractivity contribution in [2.45, 2.75) is 58.5 Å². The molecule has 4 aromatic rings. The Labute approximate surface area is 351 Å². The van der Waals surface area contributed by atoms with Crippen LogP contribution >= 0.6 is 0 Å². The van der Waals surface area contributed by atoms with Crippen LogP contribution in [0.1, 0.15) is 56.7 Å². The molecule has 1 unspecified atom stereocenters. The van der Waals surface area contributed by atoms with Gasteiger partial charge in [-0.1, -0.05) is 61.5 Å². The highest BCUT2D eigenvalue weighted by atomic mass is 16.6. The lowest BCUT2D eigenvalue weighted by Crippen LogP contribution is -2.49. The number of fused-ring (bicyclic) bond motifs is 1. The van der Waals surface area contributed by atoms with Gasteiger partial charge in [-0.2, -0.15) is 0 Å². The number of aromatic nitrogens is 1. The molecule has 0 aliphatic carbocycles. The lowest BCUT2D eigenvalue weighted by molar-refractivity contribution is -0.138. The van der Waals surface area contributed by atoms with Crippen molar-refractivity contribution in [1.82, 2.24) is 20.9 Å². The summed E-state index contributed by atoms with van der Waals surface area (Å²) in [6, 6.07) is 21.2. The molecule has 0 spiro atoms. The number of pyridine rings is 1. The summed E-state index contributed by atoms with van der Waals surface area (Å²) in [7, 11) is 0. The van der Waals surface area contributed by atoms with Crippen molar-refractivity contribution in [3.8, 4) is 16.9 Å². The molecule has 3 aromatic carbocycles. The number of anilines is 1. The Balaban J connectivity index is 1.26. The third kappa shape index (κ3) is 16.9. The van der Waals surface area contributed by atoms with E-state index in [9.17, 15) is 24.3 Å². The molecule has 15 nitrogen and oxygen atoms in total. The maximum absolute atomic E-state index is 13.0. The molecule has 1 aromatic heterocycles. The van der Waals surface area contributed by atoms with Gasteiger partial charge in [-0.3, -0.25) is 19.2 Å². The molecular weight excluding hydrogens is 771 g/mol. The molecule has 0 saturated carbocycles. The van der Waals surface area contributed by atoms with Crippen molar-refractivity contribution >= 4 is 40.3 Å². The molecule has 0 fully saturated rings. The number of carbonyl (C=O) groups excluding carboxylic acids is 3. The maximum atomic E-state index is 13.0.